The number of para-hydroxylation sites is 1. The van der Waals surface area contributed by atoms with Gasteiger partial charge in [-0.25, -0.2) is 0 Å². The largest absolute Gasteiger partial charge is 0.492 e. The zero-order chi connectivity index (χ0) is 16.6. The number of nitrogens with one attached hydrogen (secondary N) is 1. The van der Waals surface area contributed by atoms with Gasteiger partial charge in [-0.2, -0.15) is 0 Å². The second kappa shape index (κ2) is 9.07. The Kier molecular flexibility index (Phi) is 6.53. The molecule has 0 radical (unpaired) electrons. The van der Waals surface area contributed by atoms with Crippen molar-refractivity contribution in [2.45, 2.75) is 63.5 Å². The van der Waals surface area contributed by atoms with Crippen LogP contribution in [0.1, 0.15) is 51.4 Å². The van der Waals surface area contributed by atoms with Gasteiger partial charge in [-0.3, -0.25) is 4.79 Å². The Balaban J connectivity index is 1.41. The van der Waals surface area contributed by atoms with Crippen LogP contribution in [0, 0.1) is 0 Å². The Morgan fingerprint density at radius 3 is 2.54 bits per heavy atom. The molecule has 0 aromatic heterocycles. The average molecular weight is 330 g/mol. The SMILES string of the molecule is O=C1CCC(NC2CCCCC2)CCN1CCOc1ccccc1. The van der Waals surface area contributed by atoms with Crippen LogP contribution in [-0.4, -0.2) is 42.6 Å². The van der Waals surface area contributed by atoms with Crippen LogP contribution in [0.4, 0.5) is 0 Å². The van der Waals surface area contributed by atoms with Crippen LogP contribution in [0.15, 0.2) is 30.3 Å². The Morgan fingerprint density at radius 1 is 1.00 bits per heavy atom. The van der Waals surface area contributed by atoms with Crippen molar-refractivity contribution in [3.05, 3.63) is 30.3 Å². The summed E-state index contributed by atoms with van der Waals surface area (Å²) in [4.78, 5) is 14.3. The fourth-order valence-electron chi connectivity index (χ4n) is 3.83. The molecule has 24 heavy (non-hydrogen) atoms. The van der Waals surface area contributed by atoms with Crippen molar-refractivity contribution in [2.75, 3.05) is 19.7 Å². The summed E-state index contributed by atoms with van der Waals surface area (Å²) in [7, 11) is 0. The van der Waals surface area contributed by atoms with E-state index in [1.54, 1.807) is 0 Å². The zero-order valence-electron chi connectivity index (χ0n) is 14.6. The number of ether oxygens (including phenoxy) is 1. The summed E-state index contributed by atoms with van der Waals surface area (Å²) in [5.41, 5.74) is 0. The summed E-state index contributed by atoms with van der Waals surface area (Å²) in [5.74, 6) is 1.15. The number of carbonyl (C=O) groups excluding carboxylic acids is 1. The van der Waals surface area contributed by atoms with Crippen molar-refractivity contribution in [1.29, 1.82) is 0 Å². The maximum Gasteiger partial charge on any atom is 0.222 e. The molecule has 1 aliphatic carbocycles. The van der Waals surface area contributed by atoms with Crippen LogP contribution in [0.3, 0.4) is 0 Å². The highest BCUT2D eigenvalue weighted by molar-refractivity contribution is 5.76. The number of rotatable bonds is 6. The van der Waals surface area contributed by atoms with Gasteiger partial charge in [-0.15, -0.1) is 0 Å². The van der Waals surface area contributed by atoms with E-state index in [4.69, 9.17) is 4.74 Å². The molecule has 2 fully saturated rings. The first-order chi connectivity index (χ1) is 11.8. The van der Waals surface area contributed by atoms with Gasteiger partial charge in [0.25, 0.3) is 0 Å². The molecular formula is C20H30N2O2. The van der Waals surface area contributed by atoms with Gasteiger partial charge in [0.1, 0.15) is 12.4 Å². The summed E-state index contributed by atoms with van der Waals surface area (Å²) in [6.07, 6.45) is 9.40. The predicted octanol–water partition coefficient (Wildman–Crippen LogP) is 3.37. The standard InChI is InChI=1S/C20H30N2O2/c23-20-12-11-18(21-17-7-3-1-4-8-17)13-14-22(20)15-16-24-19-9-5-2-6-10-19/h2,5-6,9-10,17-18,21H,1,3-4,7-8,11-16H2. The number of likely N-dealkylation sites (tertiary alicyclic amines) is 1. The molecule has 1 saturated heterocycles. The Hall–Kier alpha value is -1.55. The number of amides is 1. The highest BCUT2D eigenvalue weighted by Gasteiger charge is 2.24. The molecule has 1 saturated carbocycles. The van der Waals surface area contributed by atoms with Crippen molar-refractivity contribution in [3.63, 3.8) is 0 Å². The molecule has 1 unspecified atom stereocenters. The summed E-state index contributed by atoms with van der Waals surface area (Å²) in [5, 5.41) is 3.81. The van der Waals surface area contributed by atoms with Gasteiger partial charge in [-0.1, -0.05) is 37.5 Å². The molecule has 1 aromatic carbocycles. The molecule has 132 valence electrons. The molecule has 1 aromatic rings. The first-order valence-electron chi connectivity index (χ1n) is 9.53. The third-order valence-electron chi connectivity index (χ3n) is 5.26. The number of nitrogens with zero attached hydrogens (tertiary/aromatic N) is 1. The Morgan fingerprint density at radius 2 is 1.75 bits per heavy atom. The molecular weight excluding hydrogens is 300 g/mol. The quantitative estimate of drug-likeness (QED) is 0.869. The number of hydrogen-bond acceptors (Lipinski definition) is 3. The summed E-state index contributed by atoms with van der Waals surface area (Å²) < 4.78 is 5.74. The molecule has 0 bridgehead atoms. The second-order valence-corrected chi connectivity index (χ2v) is 7.07. The van der Waals surface area contributed by atoms with Crippen LogP contribution in [0.25, 0.3) is 0 Å². The normalized spacial score (nSPS) is 23.1. The minimum Gasteiger partial charge on any atom is -0.492 e. The summed E-state index contributed by atoms with van der Waals surface area (Å²) >= 11 is 0. The van der Waals surface area contributed by atoms with Crippen LogP contribution in [0.5, 0.6) is 5.75 Å². The molecule has 3 rings (SSSR count). The van der Waals surface area contributed by atoms with E-state index in [2.05, 4.69) is 5.32 Å². The highest BCUT2D eigenvalue weighted by atomic mass is 16.5. The van der Waals surface area contributed by atoms with E-state index in [-0.39, 0.29) is 5.91 Å². The molecule has 0 spiro atoms. The van der Waals surface area contributed by atoms with E-state index in [1.165, 1.54) is 32.1 Å². The minimum atomic E-state index is 0.277. The Bertz CT molecular complexity index is 500. The van der Waals surface area contributed by atoms with Gasteiger partial charge in [0.05, 0.1) is 6.54 Å². The number of carbonyl (C=O) groups is 1. The molecule has 1 amide bonds. The minimum absolute atomic E-state index is 0.277. The Labute approximate surface area is 145 Å². The molecule has 1 atom stereocenters. The molecule has 1 aliphatic heterocycles. The third kappa shape index (κ3) is 5.23. The van der Waals surface area contributed by atoms with Crippen molar-refractivity contribution in [2.24, 2.45) is 0 Å². The first kappa shape index (κ1) is 17.3. The zero-order valence-corrected chi connectivity index (χ0v) is 14.6. The topological polar surface area (TPSA) is 41.6 Å². The van der Waals surface area contributed by atoms with E-state index in [0.29, 0.717) is 31.7 Å². The molecule has 4 heteroatoms. The second-order valence-electron chi connectivity index (χ2n) is 7.07. The van der Waals surface area contributed by atoms with Gasteiger partial charge in [0.2, 0.25) is 5.91 Å². The lowest BCUT2D eigenvalue weighted by Crippen LogP contribution is -2.40. The van der Waals surface area contributed by atoms with Gasteiger partial charge in [0.15, 0.2) is 0 Å². The van der Waals surface area contributed by atoms with E-state index in [1.807, 2.05) is 35.2 Å². The first-order valence-corrected chi connectivity index (χ1v) is 9.53. The van der Waals surface area contributed by atoms with Crippen molar-refractivity contribution < 1.29 is 9.53 Å². The van der Waals surface area contributed by atoms with Crippen molar-refractivity contribution >= 4 is 5.91 Å². The fraction of sp³-hybridized carbons (Fsp3) is 0.650. The molecule has 4 nitrogen and oxygen atoms in total. The lowest BCUT2D eigenvalue weighted by molar-refractivity contribution is -0.131. The van der Waals surface area contributed by atoms with Gasteiger partial charge in [-0.05, 0) is 37.8 Å². The summed E-state index contributed by atoms with van der Waals surface area (Å²) in [6, 6.07) is 11.0. The molecule has 2 aliphatic rings. The molecule has 1 heterocycles. The van der Waals surface area contributed by atoms with Gasteiger partial charge in [0, 0.05) is 25.0 Å². The van der Waals surface area contributed by atoms with Crippen LogP contribution in [-0.2, 0) is 4.79 Å². The van der Waals surface area contributed by atoms with E-state index in [9.17, 15) is 4.79 Å². The van der Waals surface area contributed by atoms with E-state index in [0.717, 1.165) is 25.1 Å². The number of hydrogen-bond donors (Lipinski definition) is 1. The van der Waals surface area contributed by atoms with Gasteiger partial charge >= 0.3 is 0 Å². The predicted molar refractivity (Wildman–Crippen MR) is 96.2 cm³/mol. The number of benzene rings is 1. The lowest BCUT2D eigenvalue weighted by Gasteiger charge is -2.28. The summed E-state index contributed by atoms with van der Waals surface area (Å²) in [6.45, 7) is 2.10. The maximum absolute atomic E-state index is 12.3. The monoisotopic (exact) mass is 330 g/mol. The average Bonchev–Trinajstić information content (AvgIpc) is 2.79. The van der Waals surface area contributed by atoms with E-state index < -0.39 is 0 Å². The van der Waals surface area contributed by atoms with Gasteiger partial charge < -0.3 is 15.0 Å². The third-order valence-corrected chi connectivity index (χ3v) is 5.26. The van der Waals surface area contributed by atoms with Crippen molar-refractivity contribution in [1.82, 2.24) is 10.2 Å². The molecule has 1 N–H and O–H groups in total. The van der Waals surface area contributed by atoms with Crippen LogP contribution < -0.4 is 10.1 Å². The lowest BCUT2D eigenvalue weighted by atomic mass is 9.94. The fourth-order valence-corrected chi connectivity index (χ4v) is 3.83. The van der Waals surface area contributed by atoms with Crippen LogP contribution >= 0.6 is 0 Å². The van der Waals surface area contributed by atoms with E-state index >= 15 is 0 Å². The maximum atomic E-state index is 12.3. The van der Waals surface area contributed by atoms with Crippen LogP contribution in [0.2, 0.25) is 0 Å². The highest BCUT2D eigenvalue weighted by Crippen LogP contribution is 2.20. The smallest absolute Gasteiger partial charge is 0.222 e. The van der Waals surface area contributed by atoms with Crippen molar-refractivity contribution in [3.8, 4) is 5.75 Å².